The topological polar surface area (TPSA) is 73.5 Å². The van der Waals surface area contributed by atoms with Gasteiger partial charge in [0.25, 0.3) is 0 Å². The maximum atomic E-state index is 5.88. The molecule has 3 rings (SSSR count). The van der Waals surface area contributed by atoms with E-state index in [1.807, 2.05) is 30.3 Å². The Morgan fingerprint density at radius 3 is 2.86 bits per heavy atom. The molecule has 1 aromatic carbocycles. The van der Waals surface area contributed by atoms with Crippen molar-refractivity contribution >= 4 is 5.82 Å². The van der Waals surface area contributed by atoms with E-state index in [4.69, 9.17) is 15.2 Å². The molecule has 6 heteroatoms. The molecular weight excluding hydrogens is 280 g/mol. The van der Waals surface area contributed by atoms with Crippen LogP contribution in [0.15, 0.2) is 42.7 Å². The number of rotatable bonds is 5. The molecule has 2 aromatic rings. The van der Waals surface area contributed by atoms with Crippen LogP contribution in [-0.2, 0) is 4.74 Å². The lowest BCUT2D eigenvalue weighted by Crippen LogP contribution is -2.40. The highest BCUT2D eigenvalue weighted by Crippen LogP contribution is 2.23. The lowest BCUT2D eigenvalue weighted by Gasteiger charge is -2.32. The molecule has 0 radical (unpaired) electrons. The van der Waals surface area contributed by atoms with E-state index in [1.54, 1.807) is 12.4 Å². The van der Waals surface area contributed by atoms with Crippen LogP contribution in [0, 0.1) is 0 Å². The molecule has 22 heavy (non-hydrogen) atoms. The summed E-state index contributed by atoms with van der Waals surface area (Å²) in [4.78, 5) is 10.7. The number of anilines is 1. The SMILES string of the molecule is Nc1nccnc1[C@H]1CN(CCOc2ccccc2)CCO1. The number of ether oxygens (including phenoxy) is 2. The first kappa shape index (κ1) is 14.7. The van der Waals surface area contributed by atoms with Crippen LogP contribution in [0.4, 0.5) is 5.82 Å². The highest BCUT2D eigenvalue weighted by Gasteiger charge is 2.24. The van der Waals surface area contributed by atoms with Crippen molar-refractivity contribution in [2.45, 2.75) is 6.10 Å². The van der Waals surface area contributed by atoms with Crippen molar-refractivity contribution < 1.29 is 9.47 Å². The molecule has 116 valence electrons. The molecule has 2 N–H and O–H groups in total. The van der Waals surface area contributed by atoms with Gasteiger partial charge in [-0.2, -0.15) is 0 Å². The van der Waals surface area contributed by atoms with Gasteiger partial charge < -0.3 is 15.2 Å². The average Bonchev–Trinajstić information content (AvgIpc) is 2.57. The van der Waals surface area contributed by atoms with Crippen LogP contribution in [0.25, 0.3) is 0 Å². The van der Waals surface area contributed by atoms with Crippen LogP contribution in [0.2, 0.25) is 0 Å². The second-order valence-corrected chi connectivity index (χ2v) is 5.15. The minimum atomic E-state index is -0.126. The summed E-state index contributed by atoms with van der Waals surface area (Å²) in [6, 6.07) is 9.84. The number of benzene rings is 1. The monoisotopic (exact) mass is 300 g/mol. The van der Waals surface area contributed by atoms with Crippen molar-refractivity contribution in [1.82, 2.24) is 14.9 Å². The third-order valence-electron chi connectivity index (χ3n) is 3.63. The van der Waals surface area contributed by atoms with Crippen LogP contribution in [0.5, 0.6) is 5.75 Å². The molecule has 1 aromatic heterocycles. The van der Waals surface area contributed by atoms with Gasteiger partial charge in [0.05, 0.1) is 6.61 Å². The first-order valence-corrected chi connectivity index (χ1v) is 7.41. The second-order valence-electron chi connectivity index (χ2n) is 5.15. The average molecular weight is 300 g/mol. The maximum absolute atomic E-state index is 5.88. The zero-order valence-corrected chi connectivity index (χ0v) is 12.4. The Bertz CT molecular complexity index is 594. The van der Waals surface area contributed by atoms with Gasteiger partial charge in [-0.25, -0.2) is 4.98 Å². The van der Waals surface area contributed by atoms with E-state index in [-0.39, 0.29) is 6.10 Å². The zero-order chi connectivity index (χ0) is 15.2. The fourth-order valence-electron chi connectivity index (χ4n) is 2.49. The van der Waals surface area contributed by atoms with Crippen molar-refractivity contribution in [3.8, 4) is 5.75 Å². The Balaban J connectivity index is 1.52. The Morgan fingerprint density at radius 1 is 1.23 bits per heavy atom. The molecule has 1 aliphatic heterocycles. The van der Waals surface area contributed by atoms with Crippen molar-refractivity contribution in [3.05, 3.63) is 48.4 Å². The van der Waals surface area contributed by atoms with Gasteiger partial charge in [0.15, 0.2) is 0 Å². The number of nitrogens with two attached hydrogens (primary N) is 1. The second kappa shape index (κ2) is 7.20. The van der Waals surface area contributed by atoms with E-state index in [0.29, 0.717) is 19.0 Å². The van der Waals surface area contributed by atoms with Crippen LogP contribution in [-0.4, -0.2) is 47.7 Å². The van der Waals surface area contributed by atoms with Gasteiger partial charge in [-0.05, 0) is 12.1 Å². The Morgan fingerprint density at radius 2 is 2.05 bits per heavy atom. The Hall–Kier alpha value is -2.18. The summed E-state index contributed by atoms with van der Waals surface area (Å²) in [5, 5.41) is 0. The lowest BCUT2D eigenvalue weighted by atomic mass is 10.2. The molecule has 1 saturated heterocycles. The number of hydrogen-bond acceptors (Lipinski definition) is 6. The third-order valence-corrected chi connectivity index (χ3v) is 3.63. The number of nitrogens with zero attached hydrogens (tertiary/aromatic N) is 3. The van der Waals surface area contributed by atoms with E-state index >= 15 is 0 Å². The van der Waals surface area contributed by atoms with Gasteiger partial charge in [-0.3, -0.25) is 9.88 Å². The Labute approximate surface area is 129 Å². The smallest absolute Gasteiger partial charge is 0.147 e. The fraction of sp³-hybridized carbons (Fsp3) is 0.375. The molecule has 0 bridgehead atoms. The minimum Gasteiger partial charge on any atom is -0.492 e. The molecular formula is C16H20N4O2. The van der Waals surface area contributed by atoms with E-state index in [2.05, 4.69) is 14.9 Å². The van der Waals surface area contributed by atoms with Crippen LogP contribution in [0.1, 0.15) is 11.8 Å². The molecule has 2 heterocycles. The molecule has 0 unspecified atom stereocenters. The van der Waals surface area contributed by atoms with Gasteiger partial charge in [0.2, 0.25) is 0 Å². The summed E-state index contributed by atoms with van der Waals surface area (Å²) >= 11 is 0. The predicted octanol–water partition coefficient (Wildman–Crippen LogP) is 1.51. The van der Waals surface area contributed by atoms with Gasteiger partial charge >= 0.3 is 0 Å². The quantitative estimate of drug-likeness (QED) is 0.902. The highest BCUT2D eigenvalue weighted by molar-refractivity contribution is 5.35. The van der Waals surface area contributed by atoms with E-state index in [9.17, 15) is 0 Å². The molecule has 0 spiro atoms. The highest BCUT2D eigenvalue weighted by atomic mass is 16.5. The molecule has 0 saturated carbocycles. The molecule has 1 atom stereocenters. The summed E-state index contributed by atoms with van der Waals surface area (Å²) in [6.45, 7) is 3.78. The van der Waals surface area contributed by atoms with Crippen LogP contribution >= 0.6 is 0 Å². The molecule has 6 nitrogen and oxygen atoms in total. The molecule has 1 aliphatic rings. The molecule has 0 amide bonds. The van der Waals surface area contributed by atoms with Crippen molar-refractivity contribution in [3.63, 3.8) is 0 Å². The fourth-order valence-corrected chi connectivity index (χ4v) is 2.49. The zero-order valence-electron chi connectivity index (χ0n) is 12.4. The molecule has 0 aliphatic carbocycles. The summed E-state index contributed by atoms with van der Waals surface area (Å²) in [6.07, 6.45) is 3.11. The van der Waals surface area contributed by atoms with E-state index in [1.165, 1.54) is 0 Å². The largest absolute Gasteiger partial charge is 0.492 e. The van der Waals surface area contributed by atoms with Crippen molar-refractivity contribution in [2.75, 3.05) is 38.6 Å². The summed E-state index contributed by atoms with van der Waals surface area (Å²) in [7, 11) is 0. The number of aromatic nitrogens is 2. The van der Waals surface area contributed by atoms with Gasteiger partial charge in [0.1, 0.15) is 30.0 Å². The van der Waals surface area contributed by atoms with Crippen molar-refractivity contribution in [1.29, 1.82) is 0 Å². The van der Waals surface area contributed by atoms with Gasteiger partial charge in [-0.15, -0.1) is 0 Å². The summed E-state index contributed by atoms with van der Waals surface area (Å²) in [5.74, 6) is 1.33. The minimum absolute atomic E-state index is 0.126. The maximum Gasteiger partial charge on any atom is 0.147 e. The van der Waals surface area contributed by atoms with Gasteiger partial charge in [0, 0.05) is 32.0 Å². The molecule has 1 fully saturated rings. The van der Waals surface area contributed by atoms with E-state index < -0.39 is 0 Å². The van der Waals surface area contributed by atoms with E-state index in [0.717, 1.165) is 31.1 Å². The summed E-state index contributed by atoms with van der Waals surface area (Å²) < 4.78 is 11.5. The standard InChI is InChI=1S/C16H20N4O2/c17-16-15(18-6-7-19-16)14-12-20(9-11-22-14)8-10-21-13-4-2-1-3-5-13/h1-7,14H,8-12H2,(H2,17,19)/t14-/m1/s1. The number of morpholine rings is 1. The van der Waals surface area contributed by atoms with Crippen LogP contribution < -0.4 is 10.5 Å². The predicted molar refractivity (Wildman–Crippen MR) is 83.5 cm³/mol. The third kappa shape index (κ3) is 3.72. The number of nitrogen functional groups attached to an aromatic ring is 1. The number of para-hydroxylation sites is 1. The first-order chi connectivity index (χ1) is 10.8. The van der Waals surface area contributed by atoms with Crippen LogP contribution in [0.3, 0.4) is 0 Å². The number of hydrogen-bond donors (Lipinski definition) is 1. The summed E-state index contributed by atoms with van der Waals surface area (Å²) in [5.41, 5.74) is 6.59. The normalized spacial score (nSPS) is 19.0. The van der Waals surface area contributed by atoms with Crippen molar-refractivity contribution in [2.24, 2.45) is 0 Å². The first-order valence-electron chi connectivity index (χ1n) is 7.41. The van der Waals surface area contributed by atoms with Gasteiger partial charge in [-0.1, -0.05) is 18.2 Å². The Kier molecular flexibility index (Phi) is 4.82. The lowest BCUT2D eigenvalue weighted by molar-refractivity contribution is -0.0346.